The van der Waals surface area contributed by atoms with Crippen LogP contribution < -0.4 is 4.74 Å². The van der Waals surface area contributed by atoms with Crippen LogP contribution in [0.2, 0.25) is 10.2 Å². The van der Waals surface area contributed by atoms with E-state index in [4.69, 9.17) is 27.9 Å². The number of ether oxygens (including phenoxy) is 1. The lowest BCUT2D eigenvalue weighted by Crippen LogP contribution is -1.92. The predicted molar refractivity (Wildman–Crippen MR) is 73.9 cm³/mol. The molecule has 0 fully saturated rings. The van der Waals surface area contributed by atoms with Gasteiger partial charge in [0.15, 0.2) is 10.9 Å². The SMILES string of the molecule is Clc1ccc2c(Oc3cccnc3Cl)ncnc2c1. The number of rotatable bonds is 2. The van der Waals surface area contributed by atoms with Crippen molar-refractivity contribution < 1.29 is 4.74 Å². The fourth-order valence-electron chi connectivity index (χ4n) is 1.64. The maximum atomic E-state index is 5.95. The largest absolute Gasteiger partial charge is 0.435 e. The minimum absolute atomic E-state index is 0.281. The molecule has 0 spiro atoms. The molecule has 94 valence electrons. The second kappa shape index (κ2) is 4.99. The number of fused-ring (bicyclic) bond motifs is 1. The average Bonchev–Trinajstić information content (AvgIpc) is 2.41. The quantitative estimate of drug-likeness (QED) is 0.666. The van der Waals surface area contributed by atoms with Gasteiger partial charge in [-0.3, -0.25) is 0 Å². The number of nitrogens with zero attached hydrogens (tertiary/aromatic N) is 3. The van der Waals surface area contributed by atoms with Gasteiger partial charge < -0.3 is 4.74 Å². The minimum atomic E-state index is 0.281. The third kappa shape index (κ3) is 2.45. The van der Waals surface area contributed by atoms with E-state index in [9.17, 15) is 0 Å². The number of hydrogen-bond acceptors (Lipinski definition) is 4. The maximum Gasteiger partial charge on any atom is 0.230 e. The van der Waals surface area contributed by atoms with Gasteiger partial charge in [-0.1, -0.05) is 23.2 Å². The molecule has 0 radical (unpaired) electrons. The number of benzene rings is 1. The molecule has 0 atom stereocenters. The number of pyridine rings is 1. The molecule has 0 saturated carbocycles. The van der Waals surface area contributed by atoms with E-state index in [1.165, 1.54) is 6.33 Å². The van der Waals surface area contributed by atoms with Gasteiger partial charge in [-0.05, 0) is 30.3 Å². The summed E-state index contributed by atoms with van der Waals surface area (Å²) < 4.78 is 5.67. The molecule has 0 aliphatic heterocycles. The van der Waals surface area contributed by atoms with Gasteiger partial charge >= 0.3 is 0 Å². The molecular weight excluding hydrogens is 285 g/mol. The lowest BCUT2D eigenvalue weighted by atomic mass is 10.2. The van der Waals surface area contributed by atoms with E-state index < -0.39 is 0 Å². The van der Waals surface area contributed by atoms with Crippen molar-refractivity contribution in [2.24, 2.45) is 0 Å². The Bertz CT molecular complexity index is 749. The summed E-state index contributed by atoms with van der Waals surface area (Å²) in [5.74, 6) is 0.857. The van der Waals surface area contributed by atoms with Gasteiger partial charge in [-0.25, -0.2) is 15.0 Å². The van der Waals surface area contributed by atoms with E-state index in [0.29, 0.717) is 22.2 Å². The molecule has 0 N–H and O–H groups in total. The van der Waals surface area contributed by atoms with Crippen molar-refractivity contribution in [2.75, 3.05) is 0 Å². The third-order valence-electron chi connectivity index (χ3n) is 2.49. The van der Waals surface area contributed by atoms with Crippen molar-refractivity contribution in [3.63, 3.8) is 0 Å². The van der Waals surface area contributed by atoms with E-state index in [1.807, 2.05) is 0 Å². The molecule has 4 nitrogen and oxygen atoms in total. The highest BCUT2D eigenvalue weighted by molar-refractivity contribution is 6.31. The first-order chi connectivity index (χ1) is 9.24. The summed E-state index contributed by atoms with van der Waals surface area (Å²) in [5, 5.41) is 1.65. The van der Waals surface area contributed by atoms with Crippen molar-refractivity contribution in [3.05, 3.63) is 53.0 Å². The molecule has 3 rings (SSSR count). The topological polar surface area (TPSA) is 47.9 Å². The molecule has 0 saturated heterocycles. The van der Waals surface area contributed by atoms with Crippen LogP contribution in [-0.4, -0.2) is 15.0 Å². The Morgan fingerprint density at radius 3 is 2.74 bits per heavy atom. The molecule has 1 aromatic carbocycles. The second-order valence-corrected chi connectivity index (χ2v) is 4.53. The van der Waals surface area contributed by atoms with Crippen LogP contribution >= 0.6 is 23.2 Å². The van der Waals surface area contributed by atoms with E-state index >= 15 is 0 Å². The maximum absolute atomic E-state index is 5.95. The van der Waals surface area contributed by atoms with Crippen LogP contribution in [0.5, 0.6) is 11.6 Å². The lowest BCUT2D eigenvalue weighted by molar-refractivity contribution is 0.466. The van der Waals surface area contributed by atoms with Gasteiger partial charge in [-0.2, -0.15) is 0 Å². The molecule has 0 aliphatic rings. The van der Waals surface area contributed by atoms with Crippen LogP contribution in [0.1, 0.15) is 0 Å². The van der Waals surface area contributed by atoms with Crippen LogP contribution in [0.3, 0.4) is 0 Å². The molecule has 0 amide bonds. The Labute approximate surface area is 119 Å². The first-order valence-corrected chi connectivity index (χ1v) is 6.18. The molecule has 19 heavy (non-hydrogen) atoms. The Balaban J connectivity index is 2.09. The number of hydrogen-bond donors (Lipinski definition) is 0. The van der Waals surface area contributed by atoms with Crippen LogP contribution in [-0.2, 0) is 0 Å². The summed E-state index contributed by atoms with van der Waals surface area (Å²) >= 11 is 11.9. The normalized spacial score (nSPS) is 10.6. The van der Waals surface area contributed by atoms with E-state index in [-0.39, 0.29) is 5.15 Å². The van der Waals surface area contributed by atoms with Gasteiger partial charge in [-0.15, -0.1) is 0 Å². The van der Waals surface area contributed by atoms with E-state index in [0.717, 1.165) is 5.39 Å². The molecular formula is C13H7Cl2N3O. The van der Waals surface area contributed by atoms with Crippen molar-refractivity contribution in [1.82, 2.24) is 15.0 Å². The first kappa shape index (κ1) is 12.1. The number of aromatic nitrogens is 3. The van der Waals surface area contributed by atoms with Gasteiger partial charge in [0.25, 0.3) is 0 Å². The van der Waals surface area contributed by atoms with E-state index in [1.54, 1.807) is 36.5 Å². The Hall–Kier alpha value is -1.91. The smallest absolute Gasteiger partial charge is 0.230 e. The molecule has 0 unspecified atom stereocenters. The monoisotopic (exact) mass is 291 g/mol. The minimum Gasteiger partial charge on any atom is -0.435 e. The Morgan fingerprint density at radius 2 is 1.89 bits per heavy atom. The summed E-state index contributed by atoms with van der Waals surface area (Å²) in [6.45, 7) is 0. The predicted octanol–water partition coefficient (Wildman–Crippen LogP) is 4.12. The highest BCUT2D eigenvalue weighted by Gasteiger charge is 2.09. The lowest BCUT2D eigenvalue weighted by Gasteiger charge is -2.07. The number of halogens is 2. The van der Waals surface area contributed by atoms with Gasteiger partial charge in [0.05, 0.1) is 10.9 Å². The van der Waals surface area contributed by atoms with Crippen LogP contribution in [0.25, 0.3) is 10.9 Å². The summed E-state index contributed by atoms with van der Waals surface area (Å²) in [7, 11) is 0. The Morgan fingerprint density at radius 1 is 1.00 bits per heavy atom. The molecule has 3 aromatic rings. The summed E-state index contributed by atoms with van der Waals surface area (Å²) in [6.07, 6.45) is 3.01. The standard InChI is InChI=1S/C13H7Cl2N3O/c14-8-3-4-9-10(6-8)17-7-18-13(9)19-11-2-1-5-16-12(11)15/h1-7H. The summed E-state index contributed by atoms with van der Waals surface area (Å²) in [5.41, 5.74) is 0.706. The highest BCUT2D eigenvalue weighted by Crippen LogP contribution is 2.30. The molecule has 2 heterocycles. The van der Waals surface area contributed by atoms with Crippen LogP contribution in [0, 0.1) is 0 Å². The van der Waals surface area contributed by atoms with Crippen LogP contribution in [0.4, 0.5) is 0 Å². The zero-order valence-electron chi connectivity index (χ0n) is 9.55. The van der Waals surface area contributed by atoms with Crippen LogP contribution in [0.15, 0.2) is 42.9 Å². The third-order valence-corrected chi connectivity index (χ3v) is 3.01. The fourth-order valence-corrected chi connectivity index (χ4v) is 1.96. The summed E-state index contributed by atoms with van der Waals surface area (Å²) in [6, 6.07) is 8.76. The second-order valence-electron chi connectivity index (χ2n) is 3.73. The van der Waals surface area contributed by atoms with Gasteiger partial charge in [0.1, 0.15) is 6.33 Å². The van der Waals surface area contributed by atoms with Gasteiger partial charge in [0.2, 0.25) is 5.88 Å². The average molecular weight is 292 g/mol. The zero-order valence-corrected chi connectivity index (χ0v) is 11.1. The Kier molecular flexibility index (Phi) is 3.19. The van der Waals surface area contributed by atoms with Crippen molar-refractivity contribution in [3.8, 4) is 11.6 Å². The first-order valence-electron chi connectivity index (χ1n) is 5.43. The van der Waals surface area contributed by atoms with Crippen molar-refractivity contribution in [2.45, 2.75) is 0 Å². The van der Waals surface area contributed by atoms with Gasteiger partial charge in [0, 0.05) is 11.2 Å². The highest BCUT2D eigenvalue weighted by atomic mass is 35.5. The van der Waals surface area contributed by atoms with E-state index in [2.05, 4.69) is 15.0 Å². The molecule has 0 bridgehead atoms. The molecule has 0 aliphatic carbocycles. The fraction of sp³-hybridized carbons (Fsp3) is 0. The van der Waals surface area contributed by atoms with Crippen molar-refractivity contribution >= 4 is 34.1 Å². The molecule has 6 heteroatoms. The zero-order chi connectivity index (χ0) is 13.2. The summed E-state index contributed by atoms with van der Waals surface area (Å²) in [4.78, 5) is 12.2. The molecule has 2 aromatic heterocycles. The van der Waals surface area contributed by atoms with Crippen molar-refractivity contribution in [1.29, 1.82) is 0 Å².